The summed E-state index contributed by atoms with van der Waals surface area (Å²) in [6, 6.07) is 2.14. The minimum absolute atomic E-state index is 0.0496. The number of rotatable bonds is 5. The molecule has 1 aliphatic heterocycles. The Morgan fingerprint density at radius 1 is 1.44 bits per heavy atom. The fourth-order valence-corrected chi connectivity index (χ4v) is 3.55. The molecule has 1 N–H and O–H groups in total. The number of nitrogens with zero attached hydrogens (tertiary/aromatic N) is 1. The van der Waals surface area contributed by atoms with Crippen molar-refractivity contribution >= 4 is 50.9 Å². The topological polar surface area (TPSA) is 93.1 Å². The van der Waals surface area contributed by atoms with Gasteiger partial charge in [0.15, 0.2) is 11.5 Å². The molecule has 0 bridgehead atoms. The number of carbonyl (C=O) groups is 3. The van der Waals surface area contributed by atoms with Gasteiger partial charge in [-0.3, -0.25) is 14.5 Å². The number of phenols is 1. The quantitative estimate of drug-likeness (QED) is 0.567. The number of carbonyl (C=O) groups excluding carboxylic acids is 3. The Balaban J connectivity index is 2.35. The summed E-state index contributed by atoms with van der Waals surface area (Å²) in [5, 5.41) is 9.39. The molecule has 1 fully saturated rings. The van der Waals surface area contributed by atoms with Crippen molar-refractivity contribution < 1.29 is 29.0 Å². The predicted molar refractivity (Wildman–Crippen MR) is 96.3 cm³/mol. The Hall–Kier alpha value is -2.00. The van der Waals surface area contributed by atoms with Gasteiger partial charge >= 0.3 is 5.97 Å². The van der Waals surface area contributed by atoms with Gasteiger partial charge in [-0.05, 0) is 65.3 Å². The highest BCUT2D eigenvalue weighted by Gasteiger charge is 2.41. The van der Waals surface area contributed by atoms with Crippen LogP contribution in [0.15, 0.2) is 21.5 Å². The van der Waals surface area contributed by atoms with Crippen molar-refractivity contribution in [2.75, 3.05) is 13.7 Å². The first-order chi connectivity index (χ1) is 11.8. The van der Waals surface area contributed by atoms with Crippen LogP contribution in [0, 0.1) is 0 Å². The summed E-state index contributed by atoms with van der Waals surface area (Å²) in [5.41, 5.74) is 0.560. The minimum Gasteiger partial charge on any atom is -0.503 e. The van der Waals surface area contributed by atoms with E-state index in [1.165, 1.54) is 20.1 Å². The fourth-order valence-electron chi connectivity index (χ4n) is 2.18. The molecule has 0 aliphatic carbocycles. The molecule has 9 heteroatoms. The summed E-state index contributed by atoms with van der Waals surface area (Å²) in [4.78, 5) is 37.2. The van der Waals surface area contributed by atoms with Gasteiger partial charge in [0.2, 0.25) is 0 Å². The second-order valence-corrected chi connectivity index (χ2v) is 6.88. The maximum Gasteiger partial charge on any atom is 0.328 e. The van der Waals surface area contributed by atoms with Crippen LogP contribution in [0.2, 0.25) is 0 Å². The third-order valence-electron chi connectivity index (χ3n) is 3.40. The summed E-state index contributed by atoms with van der Waals surface area (Å²) in [7, 11) is 1.19. The van der Waals surface area contributed by atoms with Crippen LogP contribution < -0.4 is 4.74 Å². The maximum atomic E-state index is 12.5. The third kappa shape index (κ3) is 3.98. The normalized spacial score (nSPS) is 17.1. The monoisotopic (exact) mass is 429 g/mol. The molecule has 1 heterocycles. The lowest BCUT2D eigenvalue weighted by atomic mass is 10.1. The van der Waals surface area contributed by atoms with Crippen LogP contribution in [0.25, 0.3) is 6.08 Å². The Kier molecular flexibility index (Phi) is 6.12. The number of ether oxygens (including phenoxy) is 2. The zero-order chi connectivity index (χ0) is 18.7. The molecular weight excluding hydrogens is 414 g/mol. The lowest BCUT2D eigenvalue weighted by molar-refractivity contribution is -0.148. The summed E-state index contributed by atoms with van der Waals surface area (Å²) < 4.78 is 10.3. The van der Waals surface area contributed by atoms with E-state index >= 15 is 0 Å². The molecule has 25 heavy (non-hydrogen) atoms. The lowest BCUT2D eigenvalue weighted by Crippen LogP contribution is -2.42. The van der Waals surface area contributed by atoms with E-state index in [-0.39, 0.29) is 16.4 Å². The highest BCUT2D eigenvalue weighted by molar-refractivity contribution is 9.10. The molecule has 2 amide bonds. The first kappa shape index (κ1) is 19.3. The van der Waals surface area contributed by atoms with Gasteiger partial charge < -0.3 is 14.6 Å². The lowest BCUT2D eigenvalue weighted by Gasteiger charge is -2.18. The van der Waals surface area contributed by atoms with Crippen LogP contribution in [-0.2, 0) is 14.3 Å². The van der Waals surface area contributed by atoms with Crippen LogP contribution in [0.1, 0.15) is 19.4 Å². The number of hydrogen-bond donors (Lipinski definition) is 1. The van der Waals surface area contributed by atoms with Gasteiger partial charge in [0.05, 0.1) is 23.1 Å². The number of imide groups is 1. The maximum absolute atomic E-state index is 12.5. The second-order valence-electron chi connectivity index (χ2n) is 5.03. The molecule has 7 nitrogen and oxygen atoms in total. The van der Waals surface area contributed by atoms with Gasteiger partial charge in [0.1, 0.15) is 6.04 Å². The average molecular weight is 430 g/mol. The van der Waals surface area contributed by atoms with Crippen molar-refractivity contribution in [1.82, 2.24) is 4.90 Å². The number of phenolic OH excluding ortho intramolecular Hbond substituents is 1. The van der Waals surface area contributed by atoms with Crippen molar-refractivity contribution in [3.63, 3.8) is 0 Å². The minimum atomic E-state index is -1.01. The van der Waals surface area contributed by atoms with E-state index in [2.05, 4.69) is 20.7 Å². The van der Waals surface area contributed by atoms with Gasteiger partial charge in [-0.25, -0.2) is 4.79 Å². The summed E-state index contributed by atoms with van der Waals surface area (Å²) in [6.07, 6.45) is 1.50. The van der Waals surface area contributed by atoms with E-state index in [1.807, 2.05) is 0 Å². The molecule has 0 aromatic heterocycles. The number of thioether (sulfide) groups is 1. The molecule has 1 aromatic carbocycles. The molecule has 0 saturated carbocycles. The molecule has 1 saturated heterocycles. The van der Waals surface area contributed by atoms with Crippen molar-refractivity contribution in [3.8, 4) is 11.5 Å². The van der Waals surface area contributed by atoms with Crippen LogP contribution in [0.5, 0.6) is 11.5 Å². The van der Waals surface area contributed by atoms with Crippen LogP contribution in [-0.4, -0.2) is 46.9 Å². The number of methoxy groups -OCH3 is 1. The number of halogens is 1. The second kappa shape index (κ2) is 7.92. The predicted octanol–water partition coefficient (Wildman–Crippen LogP) is 3.15. The van der Waals surface area contributed by atoms with E-state index in [1.54, 1.807) is 19.1 Å². The first-order valence-corrected chi connectivity index (χ1v) is 8.91. The molecule has 0 radical (unpaired) electrons. The molecule has 1 aliphatic rings. The van der Waals surface area contributed by atoms with Crippen LogP contribution >= 0.6 is 27.7 Å². The Morgan fingerprint density at radius 2 is 2.12 bits per heavy atom. The van der Waals surface area contributed by atoms with E-state index < -0.39 is 23.2 Å². The molecule has 1 aromatic rings. The van der Waals surface area contributed by atoms with Crippen LogP contribution in [0.3, 0.4) is 0 Å². The SMILES string of the molecule is CCOc1cc(/C=C2/SC(=O)N([C@H](C)C(=O)OC)C2=O)cc(Br)c1O. The van der Waals surface area contributed by atoms with E-state index in [0.29, 0.717) is 16.6 Å². The number of esters is 1. The van der Waals surface area contributed by atoms with Gasteiger partial charge in [0, 0.05) is 0 Å². The number of amides is 2. The Morgan fingerprint density at radius 3 is 2.72 bits per heavy atom. The third-order valence-corrected chi connectivity index (χ3v) is 4.89. The smallest absolute Gasteiger partial charge is 0.328 e. The fraction of sp³-hybridized carbons (Fsp3) is 0.312. The Bertz CT molecular complexity index is 763. The Labute approximate surface area is 157 Å². The van der Waals surface area contributed by atoms with Crippen molar-refractivity contribution in [3.05, 3.63) is 27.1 Å². The van der Waals surface area contributed by atoms with Gasteiger partial charge in [-0.1, -0.05) is 0 Å². The molecule has 0 unspecified atom stereocenters. The number of benzene rings is 1. The summed E-state index contributed by atoms with van der Waals surface area (Å²) in [5.74, 6) is -1.04. The van der Waals surface area contributed by atoms with Crippen molar-refractivity contribution in [2.45, 2.75) is 19.9 Å². The van der Waals surface area contributed by atoms with Gasteiger partial charge in [-0.2, -0.15) is 0 Å². The molecule has 134 valence electrons. The molecule has 0 spiro atoms. The van der Waals surface area contributed by atoms with Crippen molar-refractivity contribution in [2.24, 2.45) is 0 Å². The summed E-state index contributed by atoms with van der Waals surface area (Å²) >= 11 is 3.95. The standard InChI is InChI=1S/C16H16BrNO6S/c1-4-24-11-6-9(5-10(17)13(11)19)7-12-14(20)18(16(22)25-12)8(2)15(21)23-3/h5-8,19H,4H2,1-3H3/b12-7+/t8-/m1/s1. The average Bonchev–Trinajstić information content (AvgIpc) is 2.84. The summed E-state index contributed by atoms with van der Waals surface area (Å²) in [6.45, 7) is 3.56. The highest BCUT2D eigenvalue weighted by atomic mass is 79.9. The van der Waals surface area contributed by atoms with Gasteiger partial charge in [-0.15, -0.1) is 0 Å². The van der Waals surface area contributed by atoms with Gasteiger partial charge in [0.25, 0.3) is 11.1 Å². The molecular formula is C16H16BrNO6S. The zero-order valence-electron chi connectivity index (χ0n) is 13.7. The zero-order valence-corrected chi connectivity index (χ0v) is 16.1. The molecule has 2 rings (SSSR count). The van der Waals surface area contributed by atoms with Crippen molar-refractivity contribution in [1.29, 1.82) is 0 Å². The van der Waals surface area contributed by atoms with Crippen LogP contribution in [0.4, 0.5) is 4.79 Å². The van der Waals surface area contributed by atoms with E-state index in [4.69, 9.17) is 4.74 Å². The number of hydrogen-bond acceptors (Lipinski definition) is 7. The molecule has 1 atom stereocenters. The number of aromatic hydroxyl groups is 1. The van der Waals surface area contributed by atoms with E-state index in [0.717, 1.165) is 16.7 Å². The highest BCUT2D eigenvalue weighted by Crippen LogP contribution is 2.38. The van der Waals surface area contributed by atoms with E-state index in [9.17, 15) is 19.5 Å². The largest absolute Gasteiger partial charge is 0.503 e. The first-order valence-electron chi connectivity index (χ1n) is 7.30.